The molecule has 0 unspecified atom stereocenters. The molecule has 3 heterocycles. The Morgan fingerprint density at radius 1 is 0.848 bits per heavy atom. The fourth-order valence-corrected chi connectivity index (χ4v) is 8.29. The molecule has 0 bridgehead atoms. The Morgan fingerprint density at radius 3 is 2.30 bits per heavy atom. The van der Waals surface area contributed by atoms with Gasteiger partial charge < -0.3 is 10.0 Å². The Hall–Kier alpha value is -4.69. The number of benzene rings is 3. The minimum Gasteiger partial charge on any atom is -0.508 e. The number of rotatable bonds is 6. The zero-order valence-electron chi connectivity index (χ0n) is 27.2. The van der Waals surface area contributed by atoms with E-state index in [0.29, 0.717) is 5.16 Å². The Morgan fingerprint density at radius 2 is 1.57 bits per heavy atom. The molecule has 0 spiro atoms. The molecule has 1 aromatic heterocycles. The number of aromatic hydroxyl groups is 1. The molecular formula is C38H39N6OS+. The highest BCUT2D eigenvalue weighted by molar-refractivity contribution is 8.03. The molecule has 0 saturated carbocycles. The lowest BCUT2D eigenvalue weighted by molar-refractivity contribution is -0.401. The van der Waals surface area contributed by atoms with Gasteiger partial charge in [0.1, 0.15) is 12.8 Å². The van der Waals surface area contributed by atoms with Gasteiger partial charge in [-0.1, -0.05) is 62.4 Å². The fraction of sp³-hybridized carbons (Fsp3) is 0.263. The Labute approximate surface area is 275 Å². The van der Waals surface area contributed by atoms with Gasteiger partial charge in [-0.3, -0.25) is 0 Å². The van der Waals surface area contributed by atoms with Crippen molar-refractivity contribution in [2.24, 2.45) is 0 Å². The minimum atomic E-state index is -0.103. The number of likely N-dealkylation sites (N-methyl/N-ethyl adjacent to an activating group) is 1. The van der Waals surface area contributed by atoms with E-state index in [-0.39, 0.29) is 16.6 Å². The molecular weight excluding hydrogens is 589 g/mol. The van der Waals surface area contributed by atoms with E-state index in [0.717, 1.165) is 18.5 Å². The van der Waals surface area contributed by atoms with E-state index >= 15 is 0 Å². The third-order valence-electron chi connectivity index (χ3n) is 9.74. The summed E-state index contributed by atoms with van der Waals surface area (Å²) in [5.74, 6) is 0.205. The SMILES string of the molecule is CN1/C(=C/C=C2\CCC(/C=C/C3=[N+](C)c4ccccc4C3(C)C)=C2Sc2nnnn2-c2ccc(O)cc2)C(C)(C)c2ccccc21. The summed E-state index contributed by atoms with van der Waals surface area (Å²) in [4.78, 5) is 3.49. The molecule has 0 atom stereocenters. The van der Waals surface area contributed by atoms with Crippen LogP contribution < -0.4 is 4.90 Å². The fourth-order valence-electron chi connectivity index (χ4n) is 7.20. The largest absolute Gasteiger partial charge is 0.508 e. The molecule has 0 fully saturated rings. The molecule has 7 rings (SSSR count). The highest BCUT2D eigenvalue weighted by Gasteiger charge is 2.43. The smallest absolute Gasteiger partial charge is 0.218 e. The number of fused-ring (bicyclic) bond motifs is 2. The van der Waals surface area contributed by atoms with E-state index in [1.54, 1.807) is 28.6 Å². The molecule has 0 radical (unpaired) electrons. The highest BCUT2D eigenvalue weighted by atomic mass is 32.2. The van der Waals surface area contributed by atoms with Crippen LogP contribution in [0.5, 0.6) is 5.75 Å². The van der Waals surface area contributed by atoms with Crippen molar-refractivity contribution in [1.29, 1.82) is 0 Å². The first-order valence-electron chi connectivity index (χ1n) is 15.7. The van der Waals surface area contributed by atoms with Gasteiger partial charge in [0.15, 0.2) is 5.71 Å². The van der Waals surface area contributed by atoms with Crippen LogP contribution in [-0.2, 0) is 10.8 Å². The number of phenols is 1. The number of allylic oxidation sites excluding steroid dienone is 7. The molecule has 3 aromatic carbocycles. The number of hydrogen-bond acceptors (Lipinski definition) is 6. The van der Waals surface area contributed by atoms with Crippen molar-refractivity contribution in [2.75, 3.05) is 19.0 Å². The van der Waals surface area contributed by atoms with E-state index in [1.165, 1.54) is 50.0 Å². The number of nitrogens with zero attached hydrogens (tertiary/aromatic N) is 6. The number of anilines is 1. The van der Waals surface area contributed by atoms with Gasteiger partial charge in [0.2, 0.25) is 10.8 Å². The number of tetrazole rings is 1. The van der Waals surface area contributed by atoms with E-state index < -0.39 is 0 Å². The maximum absolute atomic E-state index is 9.84. The zero-order valence-corrected chi connectivity index (χ0v) is 28.0. The van der Waals surface area contributed by atoms with Gasteiger partial charge in [0.25, 0.3) is 0 Å². The maximum atomic E-state index is 9.84. The highest BCUT2D eigenvalue weighted by Crippen LogP contribution is 2.48. The third-order valence-corrected chi connectivity index (χ3v) is 10.9. The number of hydrogen-bond donors (Lipinski definition) is 1. The predicted octanol–water partition coefficient (Wildman–Crippen LogP) is 8.01. The number of phenolic OH excluding ortho intramolecular Hbond substituents is 1. The number of para-hydroxylation sites is 2. The van der Waals surface area contributed by atoms with Crippen molar-refractivity contribution in [1.82, 2.24) is 20.2 Å². The lowest BCUT2D eigenvalue weighted by Gasteiger charge is -2.24. The first-order valence-corrected chi connectivity index (χ1v) is 16.5. The second-order valence-electron chi connectivity index (χ2n) is 13.2. The molecule has 7 nitrogen and oxygen atoms in total. The van der Waals surface area contributed by atoms with Crippen LogP contribution in [0.4, 0.5) is 11.4 Å². The maximum Gasteiger partial charge on any atom is 0.218 e. The molecule has 0 saturated heterocycles. The summed E-state index contributed by atoms with van der Waals surface area (Å²) in [6.45, 7) is 9.20. The number of aromatic nitrogens is 4. The molecule has 2 aliphatic heterocycles. The van der Waals surface area contributed by atoms with Gasteiger partial charge in [-0.15, -0.1) is 5.10 Å². The third kappa shape index (κ3) is 4.92. The van der Waals surface area contributed by atoms with Gasteiger partial charge in [0, 0.05) is 46.5 Å². The summed E-state index contributed by atoms with van der Waals surface area (Å²) in [7, 11) is 4.32. The van der Waals surface area contributed by atoms with Crippen molar-refractivity contribution in [3.8, 4) is 11.4 Å². The number of thioether (sulfide) groups is 1. The molecule has 46 heavy (non-hydrogen) atoms. The van der Waals surface area contributed by atoms with Crippen molar-refractivity contribution < 1.29 is 9.68 Å². The van der Waals surface area contributed by atoms with Crippen molar-refractivity contribution in [3.05, 3.63) is 130 Å². The Kier molecular flexibility index (Phi) is 7.35. The van der Waals surface area contributed by atoms with Gasteiger partial charge in [-0.25, -0.2) is 0 Å². The first kappa shape index (κ1) is 30.0. The van der Waals surface area contributed by atoms with Gasteiger partial charge in [-0.2, -0.15) is 9.26 Å². The second kappa shape index (κ2) is 11.3. The normalized spacial score (nSPS) is 20.1. The van der Waals surface area contributed by atoms with E-state index in [1.807, 2.05) is 12.1 Å². The molecule has 4 aromatic rings. The van der Waals surface area contributed by atoms with Crippen LogP contribution >= 0.6 is 11.8 Å². The summed E-state index contributed by atoms with van der Waals surface area (Å²) < 4.78 is 4.05. The summed E-state index contributed by atoms with van der Waals surface area (Å²) in [6.07, 6.45) is 11.0. The molecule has 1 N–H and O–H groups in total. The van der Waals surface area contributed by atoms with Crippen molar-refractivity contribution >= 4 is 28.8 Å². The average molecular weight is 628 g/mol. The second-order valence-corrected chi connectivity index (χ2v) is 14.2. The molecule has 1 aliphatic carbocycles. The van der Waals surface area contributed by atoms with Gasteiger partial charge in [0.05, 0.1) is 11.1 Å². The van der Waals surface area contributed by atoms with Crippen LogP contribution in [0.2, 0.25) is 0 Å². The summed E-state index contributed by atoms with van der Waals surface area (Å²) in [5, 5.41) is 23.3. The van der Waals surface area contributed by atoms with Gasteiger partial charge in [-0.05, 0) is 102 Å². The Bertz CT molecular complexity index is 2010. The minimum absolute atomic E-state index is 0.103. The average Bonchev–Trinajstić information content (AvgIpc) is 3.76. The summed E-state index contributed by atoms with van der Waals surface area (Å²) in [5.41, 5.74) is 10.9. The summed E-state index contributed by atoms with van der Waals surface area (Å²) >= 11 is 1.60. The molecule has 232 valence electrons. The molecule has 8 heteroatoms. The lowest BCUT2D eigenvalue weighted by atomic mass is 9.81. The topological polar surface area (TPSA) is 70.1 Å². The van der Waals surface area contributed by atoms with Crippen LogP contribution in [0.25, 0.3) is 5.69 Å². The predicted molar refractivity (Wildman–Crippen MR) is 186 cm³/mol. The van der Waals surface area contributed by atoms with Crippen LogP contribution in [0, 0.1) is 0 Å². The lowest BCUT2D eigenvalue weighted by Crippen LogP contribution is -2.26. The van der Waals surface area contributed by atoms with Crippen molar-refractivity contribution in [2.45, 2.75) is 56.5 Å². The van der Waals surface area contributed by atoms with Crippen LogP contribution in [0.1, 0.15) is 51.7 Å². The van der Waals surface area contributed by atoms with E-state index in [2.05, 4.69) is 140 Å². The van der Waals surface area contributed by atoms with Crippen LogP contribution in [0.15, 0.2) is 124 Å². The Balaban J connectivity index is 1.29. The zero-order chi connectivity index (χ0) is 32.2. The summed E-state index contributed by atoms with van der Waals surface area (Å²) in [6, 6.07) is 24.3. The van der Waals surface area contributed by atoms with Crippen LogP contribution in [-0.4, -0.2) is 49.7 Å². The monoisotopic (exact) mass is 627 g/mol. The first-order chi connectivity index (χ1) is 22.1. The van der Waals surface area contributed by atoms with E-state index in [9.17, 15) is 5.11 Å². The van der Waals surface area contributed by atoms with Gasteiger partial charge >= 0.3 is 0 Å². The molecule has 3 aliphatic rings. The van der Waals surface area contributed by atoms with Crippen LogP contribution in [0.3, 0.4) is 0 Å². The molecule has 0 amide bonds. The van der Waals surface area contributed by atoms with E-state index in [4.69, 9.17) is 0 Å². The quantitative estimate of drug-likeness (QED) is 0.219. The standard InChI is InChI=1S/C38H38N6OS/c1-37(2)29-11-7-9-13-31(29)42(5)33(37)23-17-25-15-16-26(18-24-34-38(3,4)30-12-8-10-14-32(30)43(34)6)35(25)46-36-39-40-41-44(36)27-19-21-28(45)22-20-27/h7-14,17-24H,15-16H2,1-6H3/p+1. The van der Waals surface area contributed by atoms with Crippen molar-refractivity contribution in [3.63, 3.8) is 0 Å².